The van der Waals surface area contributed by atoms with Crippen LogP contribution in [0.2, 0.25) is 0 Å². The quantitative estimate of drug-likeness (QED) is 0.508. The molecule has 0 atom stereocenters. The largest absolute Gasteiger partial charge is 0.346 e. The van der Waals surface area contributed by atoms with Gasteiger partial charge in [0, 0.05) is 49.5 Å². The smallest absolute Gasteiger partial charge is 0.275 e. The zero-order valence-electron chi connectivity index (χ0n) is 15.6. The lowest BCUT2D eigenvalue weighted by molar-refractivity contribution is -0.118. The zero-order chi connectivity index (χ0) is 20.7. The van der Waals surface area contributed by atoms with Crippen LogP contribution in [0, 0.1) is 17.5 Å². The minimum Gasteiger partial charge on any atom is -0.346 e. The molecular weight excluding hydrogens is 381 g/mol. The Morgan fingerprint density at radius 2 is 1.69 bits per heavy atom. The normalized spacial score (nSPS) is 11.4. The van der Waals surface area contributed by atoms with Crippen molar-refractivity contribution in [1.82, 2.24) is 9.13 Å². The second-order valence-electron chi connectivity index (χ2n) is 7.01. The Kier molecular flexibility index (Phi) is 4.74. The van der Waals surface area contributed by atoms with E-state index in [1.807, 2.05) is 0 Å². The van der Waals surface area contributed by atoms with Gasteiger partial charge >= 0.3 is 0 Å². The highest BCUT2D eigenvalue weighted by molar-refractivity contribution is 6.04. The first-order valence-corrected chi connectivity index (χ1v) is 9.08. The number of rotatable bonds is 5. The molecule has 0 fully saturated rings. The summed E-state index contributed by atoms with van der Waals surface area (Å²) in [5, 5.41) is 1.42. The van der Waals surface area contributed by atoms with E-state index in [0.29, 0.717) is 21.8 Å². The molecule has 4 aromatic rings. The number of hydrogen-bond donors (Lipinski definition) is 0. The molecule has 2 aromatic carbocycles. The monoisotopic (exact) mass is 398 g/mol. The van der Waals surface area contributed by atoms with E-state index in [0.717, 1.165) is 12.1 Å². The van der Waals surface area contributed by atoms with Crippen molar-refractivity contribution in [3.8, 4) is 0 Å². The fraction of sp³-hybridized carbons (Fsp3) is 0.182. The summed E-state index contributed by atoms with van der Waals surface area (Å²) < 4.78 is 43.7. The molecule has 4 nitrogen and oxygen atoms in total. The van der Waals surface area contributed by atoms with E-state index in [1.54, 1.807) is 29.9 Å². The molecule has 2 heterocycles. The van der Waals surface area contributed by atoms with Crippen LogP contribution < -0.4 is 5.56 Å². The molecule has 0 bridgehead atoms. The highest BCUT2D eigenvalue weighted by Gasteiger charge is 2.16. The average Bonchev–Trinajstić information content (AvgIpc) is 3.06. The van der Waals surface area contributed by atoms with Gasteiger partial charge in [0.15, 0.2) is 0 Å². The van der Waals surface area contributed by atoms with E-state index in [4.69, 9.17) is 0 Å². The number of benzene rings is 2. The Bertz CT molecular complexity index is 1320. The lowest BCUT2D eigenvalue weighted by Crippen LogP contribution is -2.24. The number of fused-ring (bicyclic) bond motifs is 3. The molecule has 0 saturated heterocycles. The molecular formula is C22H17F3N2O2. The molecule has 29 heavy (non-hydrogen) atoms. The number of pyridine rings is 1. The van der Waals surface area contributed by atoms with Crippen LogP contribution in [0.1, 0.15) is 12.0 Å². The van der Waals surface area contributed by atoms with Gasteiger partial charge in [0.2, 0.25) is 0 Å². The minimum absolute atomic E-state index is 0.0293. The second-order valence-corrected chi connectivity index (χ2v) is 7.01. The minimum atomic E-state index is -0.784. The Balaban J connectivity index is 1.69. The summed E-state index contributed by atoms with van der Waals surface area (Å²) in [6, 6.07) is 9.06. The SMILES string of the molecule is Cn1ccc2c3ccc(F)cc3n(CCC(=O)Cc3ccc(F)cc3F)c(=O)c21. The molecule has 4 rings (SSSR count). The van der Waals surface area contributed by atoms with Crippen LogP contribution in [0.25, 0.3) is 21.8 Å². The first-order valence-electron chi connectivity index (χ1n) is 9.08. The van der Waals surface area contributed by atoms with Gasteiger partial charge in [0.25, 0.3) is 5.56 Å². The molecule has 0 aliphatic heterocycles. The van der Waals surface area contributed by atoms with Crippen LogP contribution in [0.4, 0.5) is 13.2 Å². The number of halogens is 3. The van der Waals surface area contributed by atoms with Crippen molar-refractivity contribution in [2.45, 2.75) is 19.4 Å². The van der Waals surface area contributed by atoms with Crippen LogP contribution in [0.3, 0.4) is 0 Å². The van der Waals surface area contributed by atoms with Gasteiger partial charge in [-0.3, -0.25) is 9.59 Å². The van der Waals surface area contributed by atoms with Crippen molar-refractivity contribution in [2.24, 2.45) is 7.05 Å². The number of carbonyl (C=O) groups is 1. The maximum atomic E-state index is 13.9. The van der Waals surface area contributed by atoms with E-state index in [1.165, 1.54) is 22.8 Å². The van der Waals surface area contributed by atoms with E-state index in [9.17, 15) is 22.8 Å². The third-order valence-electron chi connectivity index (χ3n) is 5.08. The Morgan fingerprint density at radius 3 is 2.45 bits per heavy atom. The summed E-state index contributed by atoms with van der Waals surface area (Å²) in [6.45, 7) is 0.0293. The molecule has 0 radical (unpaired) electrons. The van der Waals surface area contributed by atoms with Crippen molar-refractivity contribution in [3.05, 3.63) is 82.0 Å². The third kappa shape index (κ3) is 3.44. The summed E-state index contributed by atoms with van der Waals surface area (Å²) in [4.78, 5) is 25.4. The zero-order valence-corrected chi connectivity index (χ0v) is 15.6. The lowest BCUT2D eigenvalue weighted by atomic mass is 10.1. The molecule has 0 spiro atoms. The topological polar surface area (TPSA) is 44.0 Å². The first-order chi connectivity index (χ1) is 13.8. The summed E-state index contributed by atoms with van der Waals surface area (Å²) in [6.07, 6.45) is 1.50. The van der Waals surface area contributed by atoms with Crippen molar-refractivity contribution in [1.29, 1.82) is 0 Å². The summed E-state index contributed by atoms with van der Waals surface area (Å²) in [5.41, 5.74) is 0.625. The predicted octanol–water partition coefficient (Wildman–Crippen LogP) is 4.11. The van der Waals surface area contributed by atoms with E-state index >= 15 is 0 Å². The molecule has 0 unspecified atom stereocenters. The molecule has 7 heteroatoms. The van der Waals surface area contributed by atoms with Crippen LogP contribution >= 0.6 is 0 Å². The average molecular weight is 398 g/mol. The van der Waals surface area contributed by atoms with Crippen LogP contribution in [0.15, 0.2) is 53.5 Å². The standard InChI is InChI=1S/C22H17F3N2O2/c1-26-8-7-18-17-5-4-15(24)12-20(17)27(22(29)21(18)26)9-6-16(28)10-13-2-3-14(23)11-19(13)25/h2-5,7-8,11-12H,6,9-10H2,1H3. The van der Waals surface area contributed by atoms with Crippen LogP contribution in [-0.4, -0.2) is 14.9 Å². The predicted molar refractivity (Wildman–Crippen MR) is 104 cm³/mol. The van der Waals surface area contributed by atoms with E-state index in [2.05, 4.69) is 0 Å². The number of aromatic nitrogens is 2. The molecule has 0 aliphatic rings. The molecule has 0 N–H and O–H groups in total. The number of carbonyl (C=O) groups excluding carboxylic acids is 1. The number of hydrogen-bond acceptors (Lipinski definition) is 2. The maximum absolute atomic E-state index is 13.9. The fourth-order valence-electron chi connectivity index (χ4n) is 3.63. The Hall–Kier alpha value is -3.35. The highest BCUT2D eigenvalue weighted by Crippen LogP contribution is 2.24. The van der Waals surface area contributed by atoms with Gasteiger partial charge < -0.3 is 9.13 Å². The van der Waals surface area contributed by atoms with Gasteiger partial charge in [-0.2, -0.15) is 0 Å². The fourth-order valence-corrected chi connectivity index (χ4v) is 3.63. The molecule has 0 saturated carbocycles. The van der Waals surface area contributed by atoms with Gasteiger partial charge in [0.1, 0.15) is 28.8 Å². The highest BCUT2D eigenvalue weighted by atomic mass is 19.1. The molecule has 0 amide bonds. The Morgan fingerprint density at radius 1 is 0.966 bits per heavy atom. The van der Waals surface area contributed by atoms with E-state index < -0.39 is 17.5 Å². The van der Waals surface area contributed by atoms with Gasteiger partial charge in [-0.25, -0.2) is 13.2 Å². The van der Waals surface area contributed by atoms with Gasteiger partial charge in [-0.1, -0.05) is 6.07 Å². The number of nitrogens with zero attached hydrogens (tertiary/aromatic N) is 2. The second kappa shape index (κ2) is 7.24. The number of aryl methyl sites for hydroxylation is 2. The van der Waals surface area contributed by atoms with Gasteiger partial charge in [-0.15, -0.1) is 0 Å². The summed E-state index contributed by atoms with van der Waals surface area (Å²) in [5.74, 6) is -2.29. The molecule has 2 aromatic heterocycles. The van der Waals surface area contributed by atoms with Crippen LogP contribution in [-0.2, 0) is 24.8 Å². The van der Waals surface area contributed by atoms with Crippen molar-refractivity contribution in [2.75, 3.05) is 0 Å². The number of Topliss-reactive ketones (excluding diaryl/α,β-unsaturated/α-hetero) is 1. The molecule has 148 valence electrons. The van der Waals surface area contributed by atoms with Gasteiger partial charge in [0.05, 0.1) is 5.52 Å². The third-order valence-corrected chi connectivity index (χ3v) is 5.08. The summed E-state index contributed by atoms with van der Waals surface area (Å²) >= 11 is 0. The van der Waals surface area contributed by atoms with Crippen molar-refractivity contribution >= 4 is 27.6 Å². The van der Waals surface area contributed by atoms with Crippen molar-refractivity contribution < 1.29 is 18.0 Å². The van der Waals surface area contributed by atoms with Gasteiger partial charge in [-0.05, 0) is 35.9 Å². The van der Waals surface area contributed by atoms with Crippen LogP contribution in [0.5, 0.6) is 0 Å². The van der Waals surface area contributed by atoms with E-state index in [-0.39, 0.29) is 36.3 Å². The first kappa shape index (κ1) is 19.0. The number of ketones is 1. The lowest BCUT2D eigenvalue weighted by Gasteiger charge is -2.12. The molecule has 0 aliphatic carbocycles. The maximum Gasteiger partial charge on any atom is 0.275 e. The Labute approximate surface area is 163 Å². The van der Waals surface area contributed by atoms with Crippen molar-refractivity contribution in [3.63, 3.8) is 0 Å². The summed E-state index contributed by atoms with van der Waals surface area (Å²) in [7, 11) is 1.74.